The monoisotopic (exact) mass is 363 g/mol. The van der Waals surface area contributed by atoms with Gasteiger partial charge in [0.05, 0.1) is 5.25 Å². The van der Waals surface area contributed by atoms with E-state index in [2.05, 4.69) is 14.9 Å². The number of rotatable bonds is 6. The number of benzene rings is 1. The van der Waals surface area contributed by atoms with Crippen molar-refractivity contribution in [1.29, 1.82) is 0 Å². The van der Waals surface area contributed by atoms with Crippen LogP contribution in [0, 0.1) is 0 Å². The fourth-order valence-corrected chi connectivity index (χ4v) is 4.49. The van der Waals surface area contributed by atoms with E-state index < -0.39 is 21.2 Å². The SMILES string of the molecule is O=C(CCc1nc(-c2ccccc2)no1)NS(=O)(=O)C1CCCCC1. The lowest BCUT2D eigenvalue weighted by molar-refractivity contribution is -0.119. The third-order valence-electron chi connectivity index (χ3n) is 4.31. The van der Waals surface area contributed by atoms with Crippen LogP contribution in [0.5, 0.6) is 0 Å². The molecule has 0 spiro atoms. The summed E-state index contributed by atoms with van der Waals surface area (Å²) in [5.41, 5.74) is 0.821. The summed E-state index contributed by atoms with van der Waals surface area (Å²) in [5.74, 6) is 0.222. The molecule has 1 aliphatic rings. The number of aromatic nitrogens is 2. The van der Waals surface area contributed by atoms with E-state index in [1.165, 1.54) is 0 Å². The topological polar surface area (TPSA) is 102 Å². The van der Waals surface area contributed by atoms with Gasteiger partial charge in [0.1, 0.15) is 0 Å². The van der Waals surface area contributed by atoms with Gasteiger partial charge in [-0.1, -0.05) is 54.8 Å². The Morgan fingerprint density at radius 1 is 1.16 bits per heavy atom. The third-order valence-corrected chi connectivity index (χ3v) is 6.17. The molecule has 2 aromatic rings. The van der Waals surface area contributed by atoms with Crippen LogP contribution >= 0.6 is 0 Å². The number of carbonyl (C=O) groups is 1. The average Bonchev–Trinajstić information content (AvgIpc) is 3.10. The van der Waals surface area contributed by atoms with Gasteiger partial charge in [0.25, 0.3) is 0 Å². The standard InChI is InChI=1S/C17H21N3O4S/c21-15(20-25(22,23)14-9-5-2-6-10-14)11-12-16-18-17(19-24-16)13-7-3-1-4-8-13/h1,3-4,7-8,14H,2,5-6,9-12H2,(H,20,21). The lowest BCUT2D eigenvalue weighted by Crippen LogP contribution is -2.39. The first-order chi connectivity index (χ1) is 12.0. The van der Waals surface area contributed by atoms with Crippen molar-refractivity contribution >= 4 is 15.9 Å². The molecule has 0 bridgehead atoms. The van der Waals surface area contributed by atoms with Crippen LogP contribution in [-0.2, 0) is 21.2 Å². The number of amides is 1. The van der Waals surface area contributed by atoms with Crippen LogP contribution in [0.25, 0.3) is 11.4 Å². The minimum Gasteiger partial charge on any atom is -0.339 e. The van der Waals surface area contributed by atoms with Gasteiger partial charge in [-0.25, -0.2) is 8.42 Å². The second kappa shape index (κ2) is 7.77. The molecule has 1 saturated carbocycles. The van der Waals surface area contributed by atoms with Crippen molar-refractivity contribution in [2.45, 2.75) is 50.2 Å². The Labute approximate surface area is 146 Å². The highest BCUT2D eigenvalue weighted by Crippen LogP contribution is 2.23. The number of aryl methyl sites for hydroxylation is 1. The van der Waals surface area contributed by atoms with Gasteiger partial charge < -0.3 is 4.52 Å². The lowest BCUT2D eigenvalue weighted by atomic mass is 10.0. The highest BCUT2D eigenvalue weighted by Gasteiger charge is 2.28. The summed E-state index contributed by atoms with van der Waals surface area (Å²) >= 11 is 0. The number of hydrogen-bond donors (Lipinski definition) is 1. The summed E-state index contributed by atoms with van der Waals surface area (Å²) in [6.07, 6.45) is 4.27. The normalized spacial score (nSPS) is 15.8. The van der Waals surface area contributed by atoms with Crippen molar-refractivity contribution in [1.82, 2.24) is 14.9 Å². The summed E-state index contributed by atoms with van der Waals surface area (Å²) in [6, 6.07) is 9.35. The molecule has 25 heavy (non-hydrogen) atoms. The second-order valence-corrected chi connectivity index (χ2v) is 8.17. The van der Waals surface area contributed by atoms with Gasteiger partial charge in [-0.15, -0.1) is 0 Å². The first kappa shape index (κ1) is 17.6. The zero-order valence-corrected chi connectivity index (χ0v) is 14.7. The molecule has 0 atom stereocenters. The van der Waals surface area contributed by atoms with Crippen LogP contribution in [0.1, 0.15) is 44.4 Å². The summed E-state index contributed by atoms with van der Waals surface area (Å²) in [4.78, 5) is 16.2. The van der Waals surface area contributed by atoms with E-state index in [1.54, 1.807) is 0 Å². The Morgan fingerprint density at radius 3 is 2.60 bits per heavy atom. The van der Waals surface area contributed by atoms with E-state index in [4.69, 9.17) is 4.52 Å². The van der Waals surface area contributed by atoms with Crippen LogP contribution in [0.2, 0.25) is 0 Å². The van der Waals surface area contributed by atoms with Crippen LogP contribution in [0.3, 0.4) is 0 Å². The molecule has 1 aromatic heterocycles. The zero-order chi connectivity index (χ0) is 17.7. The van der Waals surface area contributed by atoms with Crippen molar-refractivity contribution in [3.05, 3.63) is 36.2 Å². The van der Waals surface area contributed by atoms with E-state index >= 15 is 0 Å². The van der Waals surface area contributed by atoms with Crippen molar-refractivity contribution in [3.63, 3.8) is 0 Å². The van der Waals surface area contributed by atoms with Gasteiger partial charge in [-0.2, -0.15) is 4.98 Å². The zero-order valence-electron chi connectivity index (χ0n) is 13.8. The fourth-order valence-electron chi connectivity index (χ4n) is 2.95. The maximum atomic E-state index is 12.2. The molecule has 7 nitrogen and oxygen atoms in total. The van der Waals surface area contributed by atoms with Gasteiger partial charge in [-0.05, 0) is 12.8 Å². The Bertz CT molecular complexity index is 811. The predicted molar refractivity (Wildman–Crippen MR) is 92.0 cm³/mol. The second-order valence-electron chi connectivity index (χ2n) is 6.21. The highest BCUT2D eigenvalue weighted by molar-refractivity contribution is 7.90. The van der Waals surface area contributed by atoms with Gasteiger partial charge in [0.15, 0.2) is 0 Å². The smallest absolute Gasteiger partial charge is 0.237 e. The number of nitrogens with one attached hydrogen (secondary N) is 1. The Hall–Kier alpha value is -2.22. The predicted octanol–water partition coefficient (Wildman–Crippen LogP) is 2.45. The molecule has 0 radical (unpaired) electrons. The van der Waals surface area contributed by atoms with E-state index in [9.17, 15) is 13.2 Å². The summed E-state index contributed by atoms with van der Waals surface area (Å²) in [7, 11) is -3.59. The van der Waals surface area contributed by atoms with Crippen molar-refractivity contribution in [2.75, 3.05) is 0 Å². The molecule has 1 aliphatic carbocycles. The molecule has 1 N–H and O–H groups in total. The van der Waals surface area contributed by atoms with Crippen molar-refractivity contribution < 1.29 is 17.7 Å². The quantitative estimate of drug-likeness (QED) is 0.846. The number of sulfonamides is 1. The van der Waals surface area contributed by atoms with Crippen molar-refractivity contribution in [3.8, 4) is 11.4 Å². The molecule has 1 heterocycles. The molecule has 0 unspecified atom stereocenters. The minimum absolute atomic E-state index is 0.0115. The van der Waals surface area contributed by atoms with Crippen LogP contribution in [0.4, 0.5) is 0 Å². The van der Waals surface area contributed by atoms with Crippen LogP contribution in [0.15, 0.2) is 34.9 Å². The highest BCUT2D eigenvalue weighted by atomic mass is 32.2. The van der Waals surface area contributed by atoms with Crippen molar-refractivity contribution in [2.24, 2.45) is 0 Å². The number of carbonyl (C=O) groups excluding carboxylic acids is 1. The van der Waals surface area contributed by atoms with Gasteiger partial charge >= 0.3 is 0 Å². The first-order valence-corrected chi connectivity index (χ1v) is 10.0. The molecule has 0 saturated heterocycles. The molecular weight excluding hydrogens is 342 g/mol. The van der Waals surface area contributed by atoms with E-state index in [0.717, 1.165) is 24.8 Å². The lowest BCUT2D eigenvalue weighted by Gasteiger charge is -2.21. The average molecular weight is 363 g/mol. The summed E-state index contributed by atoms with van der Waals surface area (Å²) in [6.45, 7) is 0. The largest absolute Gasteiger partial charge is 0.339 e. The molecule has 8 heteroatoms. The molecule has 0 aliphatic heterocycles. The fraction of sp³-hybridized carbons (Fsp3) is 0.471. The van der Waals surface area contributed by atoms with Gasteiger partial charge in [0, 0.05) is 18.4 Å². The maximum Gasteiger partial charge on any atom is 0.237 e. The minimum atomic E-state index is -3.59. The van der Waals surface area contributed by atoms with Gasteiger partial charge in [-0.3, -0.25) is 9.52 Å². The molecule has 134 valence electrons. The molecular formula is C17H21N3O4S. The van der Waals surface area contributed by atoms with E-state index in [-0.39, 0.29) is 12.8 Å². The summed E-state index contributed by atoms with van der Waals surface area (Å²) < 4.78 is 31.7. The Morgan fingerprint density at radius 2 is 1.88 bits per heavy atom. The molecule has 1 aromatic carbocycles. The number of hydrogen-bond acceptors (Lipinski definition) is 6. The molecule has 3 rings (SSSR count). The summed E-state index contributed by atoms with van der Waals surface area (Å²) in [5, 5.41) is 3.42. The van der Waals surface area contributed by atoms with E-state index in [0.29, 0.717) is 24.6 Å². The van der Waals surface area contributed by atoms with Crippen LogP contribution < -0.4 is 4.72 Å². The number of nitrogens with zero attached hydrogens (tertiary/aromatic N) is 2. The molecule has 1 fully saturated rings. The van der Waals surface area contributed by atoms with Crippen LogP contribution in [-0.4, -0.2) is 29.7 Å². The Kier molecular flexibility index (Phi) is 5.47. The maximum absolute atomic E-state index is 12.2. The Balaban J connectivity index is 1.53. The molecule has 1 amide bonds. The third kappa shape index (κ3) is 4.66. The van der Waals surface area contributed by atoms with E-state index in [1.807, 2.05) is 30.3 Å². The first-order valence-electron chi connectivity index (χ1n) is 8.47. The van der Waals surface area contributed by atoms with Gasteiger partial charge in [0.2, 0.25) is 27.6 Å².